The fraction of sp³-hybridized carbons (Fsp3) is 0.600. The van der Waals surface area contributed by atoms with E-state index in [4.69, 9.17) is 0 Å². The van der Waals surface area contributed by atoms with Crippen LogP contribution in [0.2, 0.25) is 0 Å². The number of esters is 1. The van der Waals surface area contributed by atoms with Gasteiger partial charge in [-0.15, -0.1) is 0 Å². The summed E-state index contributed by atoms with van der Waals surface area (Å²) in [5.41, 5.74) is 0.635. The van der Waals surface area contributed by atoms with Crippen LogP contribution >= 0.6 is 0 Å². The predicted molar refractivity (Wildman–Crippen MR) is 54.7 cm³/mol. The summed E-state index contributed by atoms with van der Waals surface area (Å²) in [7, 11) is 3.05. The van der Waals surface area contributed by atoms with Crippen molar-refractivity contribution in [2.45, 2.75) is 19.3 Å². The summed E-state index contributed by atoms with van der Waals surface area (Å²) in [6.07, 6.45) is 0. The summed E-state index contributed by atoms with van der Waals surface area (Å²) in [4.78, 5) is 11.2. The van der Waals surface area contributed by atoms with E-state index >= 15 is 0 Å². The van der Waals surface area contributed by atoms with Crippen LogP contribution in [0.1, 0.15) is 30.0 Å². The molecule has 0 fully saturated rings. The van der Waals surface area contributed by atoms with E-state index in [0.29, 0.717) is 0 Å². The van der Waals surface area contributed by atoms with Gasteiger partial charge in [-0.1, -0.05) is 13.8 Å². The Morgan fingerprint density at radius 1 is 1.67 bits per heavy atom. The third-order valence-electron chi connectivity index (χ3n) is 2.36. The number of aliphatic hydroxyl groups excluding tert-OH is 1. The van der Waals surface area contributed by atoms with Crippen LogP contribution in [0.15, 0.2) is 6.07 Å². The molecule has 0 saturated carbocycles. The van der Waals surface area contributed by atoms with E-state index in [1.165, 1.54) is 7.11 Å². The van der Waals surface area contributed by atoms with Gasteiger partial charge >= 0.3 is 5.97 Å². The van der Waals surface area contributed by atoms with Crippen molar-refractivity contribution >= 4 is 5.97 Å². The molecule has 84 valence electrons. The minimum Gasteiger partial charge on any atom is -0.464 e. The summed E-state index contributed by atoms with van der Waals surface area (Å²) in [5, 5.41) is 13.2. The molecule has 15 heavy (non-hydrogen) atoms. The van der Waals surface area contributed by atoms with Gasteiger partial charge in [-0.2, -0.15) is 5.10 Å². The molecular formula is C10H16N2O3. The van der Waals surface area contributed by atoms with Crippen molar-refractivity contribution < 1.29 is 14.6 Å². The first-order chi connectivity index (χ1) is 6.92. The molecule has 0 saturated heterocycles. The van der Waals surface area contributed by atoms with Gasteiger partial charge in [0.1, 0.15) is 0 Å². The highest BCUT2D eigenvalue weighted by atomic mass is 16.5. The fourth-order valence-electron chi connectivity index (χ4n) is 1.39. The van der Waals surface area contributed by atoms with Crippen molar-refractivity contribution in [3.8, 4) is 0 Å². The first-order valence-corrected chi connectivity index (χ1v) is 4.66. The molecule has 1 rings (SSSR count). The van der Waals surface area contributed by atoms with E-state index in [-0.39, 0.29) is 12.3 Å². The van der Waals surface area contributed by atoms with Gasteiger partial charge in [-0.25, -0.2) is 4.79 Å². The molecule has 0 atom stereocenters. The Balaban J connectivity index is 3.12. The van der Waals surface area contributed by atoms with Crippen LogP contribution in [0, 0.1) is 0 Å². The van der Waals surface area contributed by atoms with Gasteiger partial charge in [0.15, 0.2) is 5.69 Å². The van der Waals surface area contributed by atoms with Crippen LogP contribution in [0.3, 0.4) is 0 Å². The maximum Gasteiger partial charge on any atom is 0.358 e. The summed E-state index contributed by atoms with van der Waals surface area (Å²) in [6, 6.07) is 1.64. The average Bonchev–Trinajstić information content (AvgIpc) is 2.60. The summed E-state index contributed by atoms with van der Waals surface area (Å²) in [5.74, 6) is -0.467. The normalized spacial score (nSPS) is 11.5. The number of hydrogen-bond donors (Lipinski definition) is 1. The Labute approximate surface area is 88.7 Å². The Kier molecular flexibility index (Phi) is 3.14. The quantitative estimate of drug-likeness (QED) is 0.740. The highest BCUT2D eigenvalue weighted by Crippen LogP contribution is 2.22. The van der Waals surface area contributed by atoms with Crippen molar-refractivity contribution in [1.82, 2.24) is 9.78 Å². The van der Waals surface area contributed by atoms with Crippen molar-refractivity contribution in [2.24, 2.45) is 7.05 Å². The van der Waals surface area contributed by atoms with Crippen molar-refractivity contribution in [3.63, 3.8) is 0 Å². The number of nitrogens with zero attached hydrogens (tertiary/aromatic N) is 2. The van der Waals surface area contributed by atoms with Crippen LogP contribution in [0.4, 0.5) is 0 Å². The first kappa shape index (κ1) is 11.7. The first-order valence-electron chi connectivity index (χ1n) is 4.66. The number of aromatic nitrogens is 2. The molecule has 1 N–H and O–H groups in total. The maximum atomic E-state index is 11.2. The van der Waals surface area contributed by atoms with E-state index in [0.717, 1.165) is 5.69 Å². The van der Waals surface area contributed by atoms with Crippen LogP contribution in [-0.2, 0) is 17.2 Å². The standard InChI is InChI=1S/C10H16N2O3/c1-10(2,6-13)8-5-7(9(14)15-4)11-12(8)3/h5,13H,6H2,1-4H3. The van der Waals surface area contributed by atoms with Gasteiger partial charge < -0.3 is 9.84 Å². The average molecular weight is 212 g/mol. The minimum atomic E-state index is -0.467. The van der Waals surface area contributed by atoms with E-state index in [1.807, 2.05) is 13.8 Å². The molecule has 0 unspecified atom stereocenters. The molecular weight excluding hydrogens is 196 g/mol. The monoisotopic (exact) mass is 212 g/mol. The van der Waals surface area contributed by atoms with Crippen molar-refractivity contribution in [2.75, 3.05) is 13.7 Å². The van der Waals surface area contributed by atoms with Crippen LogP contribution in [0.5, 0.6) is 0 Å². The smallest absolute Gasteiger partial charge is 0.358 e. The number of rotatable bonds is 3. The Morgan fingerprint density at radius 3 is 2.73 bits per heavy atom. The van der Waals surface area contributed by atoms with Gasteiger partial charge in [-0.05, 0) is 6.07 Å². The molecule has 0 aliphatic carbocycles. The van der Waals surface area contributed by atoms with Crippen molar-refractivity contribution in [1.29, 1.82) is 0 Å². The van der Waals surface area contributed by atoms with Crippen LogP contribution in [-0.4, -0.2) is 34.6 Å². The maximum absolute atomic E-state index is 11.2. The number of aliphatic hydroxyl groups is 1. The van der Waals surface area contributed by atoms with E-state index in [2.05, 4.69) is 9.84 Å². The zero-order valence-corrected chi connectivity index (χ0v) is 9.44. The SMILES string of the molecule is COC(=O)c1cc(C(C)(C)CO)n(C)n1. The molecule has 0 spiro atoms. The molecule has 1 aromatic rings. The van der Waals surface area contributed by atoms with E-state index < -0.39 is 11.4 Å². The van der Waals surface area contributed by atoms with Crippen LogP contribution in [0.25, 0.3) is 0 Å². The van der Waals surface area contributed by atoms with E-state index in [9.17, 15) is 9.90 Å². The van der Waals surface area contributed by atoms with Gasteiger partial charge in [0.2, 0.25) is 0 Å². The Morgan fingerprint density at radius 2 is 2.27 bits per heavy atom. The third kappa shape index (κ3) is 2.18. The number of carbonyl (C=O) groups is 1. The number of carbonyl (C=O) groups excluding carboxylic acids is 1. The Bertz CT molecular complexity index is 369. The summed E-state index contributed by atoms with van der Waals surface area (Å²) < 4.78 is 6.16. The number of methoxy groups -OCH3 is 1. The van der Waals surface area contributed by atoms with Gasteiger partial charge in [-0.3, -0.25) is 4.68 Å². The second kappa shape index (κ2) is 4.02. The van der Waals surface area contributed by atoms with Crippen LogP contribution < -0.4 is 0 Å². The number of aryl methyl sites for hydroxylation is 1. The lowest BCUT2D eigenvalue weighted by Gasteiger charge is -2.21. The highest BCUT2D eigenvalue weighted by molar-refractivity contribution is 5.87. The Hall–Kier alpha value is -1.36. The molecule has 0 bridgehead atoms. The second-order valence-electron chi connectivity index (χ2n) is 4.07. The molecule has 0 aromatic carbocycles. The fourth-order valence-corrected chi connectivity index (χ4v) is 1.39. The minimum absolute atomic E-state index is 0.00680. The lowest BCUT2D eigenvalue weighted by molar-refractivity contribution is 0.0593. The van der Waals surface area contributed by atoms with E-state index in [1.54, 1.807) is 17.8 Å². The topological polar surface area (TPSA) is 64.3 Å². The molecule has 1 aromatic heterocycles. The lowest BCUT2D eigenvalue weighted by Crippen LogP contribution is -2.25. The number of hydrogen-bond acceptors (Lipinski definition) is 4. The molecule has 0 aliphatic rings. The van der Waals surface area contributed by atoms with Gasteiger partial charge in [0.25, 0.3) is 0 Å². The third-order valence-corrected chi connectivity index (χ3v) is 2.36. The molecule has 5 nitrogen and oxygen atoms in total. The summed E-state index contributed by atoms with van der Waals surface area (Å²) in [6.45, 7) is 3.75. The molecule has 5 heteroatoms. The summed E-state index contributed by atoms with van der Waals surface area (Å²) >= 11 is 0. The largest absolute Gasteiger partial charge is 0.464 e. The van der Waals surface area contributed by atoms with Gasteiger partial charge in [0.05, 0.1) is 13.7 Å². The van der Waals surface area contributed by atoms with Gasteiger partial charge in [0, 0.05) is 18.2 Å². The predicted octanol–water partition coefficient (Wildman–Crippen LogP) is 0.477. The molecule has 0 aliphatic heterocycles. The molecule has 0 radical (unpaired) electrons. The molecule has 1 heterocycles. The zero-order valence-electron chi connectivity index (χ0n) is 9.44. The zero-order chi connectivity index (χ0) is 11.6. The lowest BCUT2D eigenvalue weighted by atomic mass is 9.90. The van der Waals surface area contributed by atoms with Crippen molar-refractivity contribution in [3.05, 3.63) is 17.5 Å². The number of ether oxygens (including phenoxy) is 1. The second-order valence-corrected chi connectivity index (χ2v) is 4.07. The highest BCUT2D eigenvalue weighted by Gasteiger charge is 2.25. The molecule has 0 amide bonds.